The highest BCUT2D eigenvalue weighted by Crippen LogP contribution is 2.30. The summed E-state index contributed by atoms with van der Waals surface area (Å²) in [5, 5.41) is 5.00. The Morgan fingerprint density at radius 2 is 1.51 bits per heavy atom. The molecule has 0 saturated heterocycles. The smallest absolute Gasteiger partial charge is 0.245 e. The van der Waals surface area contributed by atoms with E-state index < -0.39 is 17.5 Å². The monoisotopic (exact) mass is 733 g/mol. The van der Waals surface area contributed by atoms with E-state index in [1.807, 2.05) is 64.4 Å². The summed E-state index contributed by atoms with van der Waals surface area (Å²) in [5.41, 5.74) is 3.58. The number of nitrogens with one attached hydrogen (secondary N) is 2. The zero-order valence-corrected chi connectivity index (χ0v) is 34.2. The third kappa shape index (κ3) is 19.5. The fraction of sp³-hybridized carbons (Fsp3) is 0.545. The molecule has 0 aliphatic rings. The number of ether oxygens (including phenoxy) is 2. The number of methoxy groups -OCH3 is 1. The van der Waals surface area contributed by atoms with Crippen LogP contribution in [0.15, 0.2) is 85.3 Å². The van der Waals surface area contributed by atoms with Crippen LogP contribution in [-0.4, -0.2) is 58.6 Å². The van der Waals surface area contributed by atoms with Gasteiger partial charge in [-0.15, -0.1) is 0 Å². The van der Waals surface area contributed by atoms with E-state index in [1.54, 1.807) is 21.0 Å². The minimum atomic E-state index is -1.09. The predicted molar refractivity (Wildman–Crippen MR) is 217 cm³/mol. The first-order chi connectivity index (χ1) is 25.1. The van der Waals surface area contributed by atoms with Crippen molar-refractivity contribution in [3.05, 3.63) is 102 Å². The summed E-state index contributed by atoms with van der Waals surface area (Å²) in [6.07, 6.45) is 13.5. The fourth-order valence-corrected chi connectivity index (χ4v) is 5.52. The Balaban J connectivity index is 0.000000462. The van der Waals surface area contributed by atoms with Gasteiger partial charge >= 0.3 is 0 Å². The quantitative estimate of drug-likeness (QED) is 0.0887. The van der Waals surface area contributed by atoms with Crippen LogP contribution in [0.25, 0.3) is 0 Å². The van der Waals surface area contributed by atoms with Crippen LogP contribution in [0.5, 0.6) is 0 Å². The molecule has 0 saturated carbocycles. The number of imidazole rings is 1. The van der Waals surface area contributed by atoms with E-state index in [0.717, 1.165) is 23.6 Å². The Bertz CT molecular complexity index is 1460. The van der Waals surface area contributed by atoms with Gasteiger partial charge in [-0.2, -0.15) is 0 Å². The summed E-state index contributed by atoms with van der Waals surface area (Å²) in [6, 6.07) is 19.7. The van der Waals surface area contributed by atoms with Crippen LogP contribution in [0.2, 0.25) is 0 Å². The summed E-state index contributed by atoms with van der Waals surface area (Å²) in [5.74, 6) is 0.236. The molecule has 0 radical (unpaired) electrons. The summed E-state index contributed by atoms with van der Waals surface area (Å²) in [7, 11) is 1.71. The summed E-state index contributed by atoms with van der Waals surface area (Å²) in [4.78, 5) is 38.6. The lowest BCUT2D eigenvalue weighted by Crippen LogP contribution is -2.56. The normalized spacial score (nSPS) is 12.4. The fourth-order valence-electron chi connectivity index (χ4n) is 5.52. The highest BCUT2D eigenvalue weighted by Gasteiger charge is 2.30. The molecule has 2 unspecified atom stereocenters. The van der Waals surface area contributed by atoms with E-state index in [0.29, 0.717) is 13.0 Å². The standard InChI is InChI=1S/C23H34N2.C16H22N2O4.C5H12O/c1-5-11-21(12-6-2)14-10-13-19(3)23(22-15-8-7-9-16-22)25-17-20(4)24-18-25;1-12(20)14(18-15(21)16(2,3)17-11-19)10-22-9-13-7-5-4-6-8-13;1-5(2,3)6-4/h7-9,15-18,21,23H,3,5-6,10-14H2,1-2,4H3;4-8,11,14H,9-10H2,1-3H3,(H,17,19)(H,18,21);1-4H3. The van der Waals surface area contributed by atoms with Crippen molar-refractivity contribution in [1.29, 1.82) is 0 Å². The Morgan fingerprint density at radius 3 is 1.98 bits per heavy atom. The molecule has 3 aromatic rings. The van der Waals surface area contributed by atoms with Crippen molar-refractivity contribution in [3.63, 3.8) is 0 Å². The number of carbonyl (C=O) groups excluding carboxylic acids is 3. The van der Waals surface area contributed by atoms with Gasteiger partial charge in [0.05, 0.1) is 36.9 Å². The third-order valence-electron chi connectivity index (χ3n) is 8.83. The molecular weight excluding hydrogens is 665 g/mol. The van der Waals surface area contributed by atoms with Crippen LogP contribution in [-0.2, 0) is 30.5 Å². The van der Waals surface area contributed by atoms with Gasteiger partial charge in [-0.3, -0.25) is 14.4 Å². The summed E-state index contributed by atoms with van der Waals surface area (Å²) in [6.45, 7) is 22.1. The SMILES string of the molecule is C=C(CCCC(CCC)CCC)C(c1ccccc1)n1cnc(C)c1.CC(=O)C(COCc1ccccc1)NC(=O)C(C)(C)NC=O.COC(C)(C)C. The lowest BCUT2D eigenvalue weighted by molar-refractivity contribution is -0.133. The maximum atomic E-state index is 12.1. The summed E-state index contributed by atoms with van der Waals surface area (Å²) < 4.78 is 12.6. The van der Waals surface area contributed by atoms with Gasteiger partial charge < -0.3 is 24.7 Å². The van der Waals surface area contributed by atoms with Crippen molar-refractivity contribution in [2.75, 3.05) is 13.7 Å². The number of allylic oxidation sites excluding steroid dienone is 1. The first-order valence-electron chi connectivity index (χ1n) is 19.0. The van der Waals surface area contributed by atoms with Gasteiger partial charge in [0.1, 0.15) is 11.6 Å². The van der Waals surface area contributed by atoms with Crippen molar-refractivity contribution >= 4 is 18.1 Å². The number of amides is 2. The minimum absolute atomic E-state index is 0.0417. The number of nitrogens with zero attached hydrogens (tertiary/aromatic N) is 2. The molecule has 1 aromatic heterocycles. The first kappa shape index (κ1) is 46.9. The largest absolute Gasteiger partial charge is 0.379 e. The molecule has 0 fully saturated rings. The molecule has 0 bridgehead atoms. The summed E-state index contributed by atoms with van der Waals surface area (Å²) >= 11 is 0. The zero-order chi connectivity index (χ0) is 39.9. The minimum Gasteiger partial charge on any atom is -0.379 e. The third-order valence-corrected chi connectivity index (χ3v) is 8.83. The van der Waals surface area contributed by atoms with Gasteiger partial charge in [0.2, 0.25) is 12.3 Å². The lowest BCUT2D eigenvalue weighted by Gasteiger charge is -2.25. The topological polar surface area (TPSA) is 112 Å². The Kier molecular flexibility index (Phi) is 22.2. The molecule has 1 heterocycles. The molecule has 294 valence electrons. The number of rotatable bonds is 20. The molecule has 53 heavy (non-hydrogen) atoms. The predicted octanol–water partition coefficient (Wildman–Crippen LogP) is 8.96. The Morgan fingerprint density at radius 1 is 0.943 bits per heavy atom. The molecule has 0 aliphatic heterocycles. The molecule has 2 aromatic carbocycles. The second-order valence-electron chi connectivity index (χ2n) is 15.1. The van der Waals surface area contributed by atoms with Crippen molar-refractivity contribution in [2.45, 2.75) is 137 Å². The molecule has 2 N–H and O–H groups in total. The number of carbonyl (C=O) groups is 3. The van der Waals surface area contributed by atoms with Crippen LogP contribution in [0.3, 0.4) is 0 Å². The maximum Gasteiger partial charge on any atom is 0.245 e. The number of aromatic nitrogens is 2. The van der Waals surface area contributed by atoms with Crippen LogP contribution in [0.4, 0.5) is 0 Å². The van der Waals surface area contributed by atoms with Gasteiger partial charge in [0, 0.05) is 13.3 Å². The van der Waals surface area contributed by atoms with E-state index in [9.17, 15) is 14.4 Å². The van der Waals surface area contributed by atoms with Crippen LogP contribution >= 0.6 is 0 Å². The molecule has 0 aliphatic carbocycles. The number of aryl methyl sites for hydroxylation is 1. The van der Waals surface area contributed by atoms with E-state index in [-0.39, 0.29) is 24.0 Å². The lowest BCUT2D eigenvalue weighted by atomic mass is 9.90. The van der Waals surface area contributed by atoms with Crippen LogP contribution in [0, 0.1) is 12.8 Å². The number of hydrogen-bond acceptors (Lipinski definition) is 6. The van der Waals surface area contributed by atoms with E-state index in [1.165, 1.54) is 56.6 Å². The molecule has 9 nitrogen and oxygen atoms in total. The average molecular weight is 733 g/mol. The maximum absolute atomic E-state index is 12.1. The van der Waals surface area contributed by atoms with Crippen molar-refractivity contribution in [2.24, 2.45) is 5.92 Å². The van der Waals surface area contributed by atoms with Gasteiger partial charge in [0.15, 0.2) is 5.78 Å². The molecule has 3 rings (SSSR count). The molecule has 2 atom stereocenters. The van der Waals surface area contributed by atoms with Crippen molar-refractivity contribution in [3.8, 4) is 0 Å². The molecule has 2 amide bonds. The number of hydrogen-bond donors (Lipinski definition) is 2. The average Bonchev–Trinajstić information content (AvgIpc) is 3.54. The van der Waals surface area contributed by atoms with Crippen molar-refractivity contribution in [1.82, 2.24) is 20.2 Å². The molecular formula is C44H68N4O5. The Hall–Kier alpha value is -4.08. The van der Waals surface area contributed by atoms with E-state index in [2.05, 4.69) is 77.1 Å². The second-order valence-corrected chi connectivity index (χ2v) is 15.1. The first-order valence-corrected chi connectivity index (χ1v) is 19.0. The van der Waals surface area contributed by atoms with Gasteiger partial charge in [0.25, 0.3) is 0 Å². The second kappa shape index (κ2) is 25.0. The van der Waals surface area contributed by atoms with Gasteiger partial charge in [-0.05, 0) is 78.4 Å². The highest BCUT2D eigenvalue weighted by atomic mass is 16.5. The zero-order valence-electron chi connectivity index (χ0n) is 34.2. The van der Waals surface area contributed by atoms with Crippen molar-refractivity contribution < 1.29 is 23.9 Å². The number of benzene rings is 2. The highest BCUT2D eigenvalue weighted by molar-refractivity contribution is 5.92. The van der Waals surface area contributed by atoms with E-state index >= 15 is 0 Å². The molecule has 0 spiro atoms. The number of ketones is 1. The van der Waals surface area contributed by atoms with E-state index in [4.69, 9.17) is 9.47 Å². The number of Topliss-reactive ketones (excluding diaryl/α,β-unsaturated/α-hetero) is 1. The Labute approximate surface area is 320 Å². The molecule has 9 heteroatoms. The van der Waals surface area contributed by atoms with Gasteiger partial charge in [-0.1, -0.05) is 119 Å². The van der Waals surface area contributed by atoms with Crippen LogP contribution in [0.1, 0.15) is 123 Å². The van der Waals surface area contributed by atoms with Gasteiger partial charge in [-0.25, -0.2) is 4.98 Å². The van der Waals surface area contributed by atoms with Crippen LogP contribution < -0.4 is 10.6 Å².